The number of aromatic nitrogens is 1. The van der Waals surface area contributed by atoms with E-state index in [2.05, 4.69) is 4.98 Å². The molecule has 0 N–H and O–H groups in total. The predicted octanol–water partition coefficient (Wildman–Crippen LogP) is 4.04. The molecule has 0 aliphatic heterocycles. The van der Waals surface area contributed by atoms with Crippen LogP contribution >= 0.6 is 11.6 Å². The van der Waals surface area contributed by atoms with Crippen LogP contribution in [0.1, 0.15) is 37.1 Å². The van der Waals surface area contributed by atoms with E-state index in [-0.39, 0.29) is 18.4 Å². The largest absolute Gasteiger partial charge is 0.497 e. The van der Waals surface area contributed by atoms with Gasteiger partial charge in [0.15, 0.2) is 0 Å². The number of methoxy groups -OCH3 is 1. The molecule has 0 saturated heterocycles. The molecule has 1 fully saturated rings. The maximum absolute atomic E-state index is 12.9. The lowest BCUT2D eigenvalue weighted by molar-refractivity contribution is -0.133. The van der Waals surface area contributed by atoms with Crippen LogP contribution in [-0.2, 0) is 11.2 Å². The number of hydrogen-bond donors (Lipinski definition) is 0. The molecule has 1 saturated carbocycles. The molecule has 2 aromatic rings. The highest BCUT2D eigenvalue weighted by molar-refractivity contribution is 6.31. The lowest BCUT2D eigenvalue weighted by Crippen LogP contribution is -2.37. The van der Waals surface area contributed by atoms with Crippen LogP contribution in [0, 0.1) is 0 Å². The summed E-state index contributed by atoms with van der Waals surface area (Å²) in [6, 6.07) is 11.5. The lowest BCUT2D eigenvalue weighted by Gasteiger charge is -2.29. The summed E-state index contributed by atoms with van der Waals surface area (Å²) in [5.41, 5.74) is 1.74. The van der Waals surface area contributed by atoms with Crippen molar-refractivity contribution in [3.63, 3.8) is 0 Å². The molecule has 1 aliphatic rings. The molecule has 3 rings (SSSR count). The molecular formula is C19H21ClN2O2. The molecule has 1 aromatic carbocycles. The molecule has 5 heteroatoms. The van der Waals surface area contributed by atoms with E-state index in [1.54, 1.807) is 19.4 Å². The van der Waals surface area contributed by atoms with Gasteiger partial charge < -0.3 is 9.64 Å². The highest BCUT2D eigenvalue weighted by atomic mass is 35.5. The molecule has 0 unspecified atom stereocenters. The first-order valence-corrected chi connectivity index (χ1v) is 8.52. The summed E-state index contributed by atoms with van der Waals surface area (Å²) in [6.45, 7) is 2.04. The monoisotopic (exact) mass is 344 g/mol. The number of halogens is 1. The van der Waals surface area contributed by atoms with E-state index in [0.29, 0.717) is 16.8 Å². The summed E-state index contributed by atoms with van der Waals surface area (Å²) in [5, 5.41) is 0.559. The van der Waals surface area contributed by atoms with Gasteiger partial charge in [0.2, 0.25) is 5.91 Å². The smallest absolute Gasteiger partial charge is 0.227 e. The highest BCUT2D eigenvalue weighted by Gasteiger charge is 2.36. The standard InChI is InChI=1S/C19H21ClN2O2/c1-13(18-5-3-4-10-21-18)22(15-7-8-15)19(23)11-14-6-9-16(24-2)12-17(14)20/h3-6,9-10,12-13,15H,7-8,11H2,1-2H3/t13-/m1/s1. The summed E-state index contributed by atoms with van der Waals surface area (Å²) >= 11 is 6.29. The normalized spacial score (nSPS) is 15.0. The van der Waals surface area contributed by atoms with Gasteiger partial charge in [0.1, 0.15) is 5.75 Å². The van der Waals surface area contributed by atoms with Gasteiger partial charge in [0, 0.05) is 17.3 Å². The minimum absolute atomic E-state index is 0.0387. The fourth-order valence-corrected chi connectivity index (χ4v) is 3.14. The van der Waals surface area contributed by atoms with Crippen LogP contribution < -0.4 is 4.74 Å². The molecular weight excluding hydrogens is 324 g/mol. The summed E-state index contributed by atoms with van der Waals surface area (Å²) in [4.78, 5) is 19.3. The van der Waals surface area contributed by atoms with Crippen LogP contribution in [0.15, 0.2) is 42.6 Å². The van der Waals surface area contributed by atoms with E-state index in [4.69, 9.17) is 16.3 Å². The first kappa shape index (κ1) is 16.8. The second kappa shape index (κ2) is 7.22. The number of carbonyl (C=O) groups is 1. The van der Waals surface area contributed by atoms with Gasteiger partial charge in [0.05, 0.1) is 25.3 Å². The van der Waals surface area contributed by atoms with Crippen LogP contribution in [0.25, 0.3) is 0 Å². The zero-order chi connectivity index (χ0) is 17.1. The van der Waals surface area contributed by atoms with E-state index in [0.717, 1.165) is 24.1 Å². The van der Waals surface area contributed by atoms with Crippen molar-refractivity contribution in [1.29, 1.82) is 0 Å². The van der Waals surface area contributed by atoms with Crippen molar-refractivity contribution in [2.45, 2.75) is 38.3 Å². The Morgan fingerprint density at radius 1 is 1.38 bits per heavy atom. The molecule has 1 aromatic heterocycles. The fourth-order valence-electron chi connectivity index (χ4n) is 2.91. The number of benzene rings is 1. The number of amides is 1. The van der Waals surface area contributed by atoms with Crippen LogP contribution in [-0.4, -0.2) is 28.9 Å². The molecule has 1 atom stereocenters. The number of rotatable bonds is 6. The Kier molecular flexibility index (Phi) is 5.05. The van der Waals surface area contributed by atoms with Gasteiger partial charge >= 0.3 is 0 Å². The summed E-state index contributed by atoms with van der Waals surface area (Å²) < 4.78 is 5.16. The molecule has 1 amide bonds. The quantitative estimate of drug-likeness (QED) is 0.794. The summed E-state index contributed by atoms with van der Waals surface area (Å²) in [6.07, 6.45) is 4.16. The van der Waals surface area contributed by atoms with E-state index >= 15 is 0 Å². The van der Waals surface area contributed by atoms with E-state index in [1.807, 2.05) is 42.2 Å². The van der Waals surface area contributed by atoms with Crippen molar-refractivity contribution in [2.24, 2.45) is 0 Å². The Bertz CT molecular complexity index is 717. The summed E-state index contributed by atoms with van der Waals surface area (Å²) in [7, 11) is 1.60. The SMILES string of the molecule is COc1ccc(CC(=O)N(C2CC2)[C@H](C)c2ccccn2)c(Cl)c1. The topological polar surface area (TPSA) is 42.4 Å². The predicted molar refractivity (Wildman–Crippen MR) is 94.2 cm³/mol. The highest BCUT2D eigenvalue weighted by Crippen LogP contribution is 2.35. The van der Waals surface area contributed by atoms with Gasteiger partial charge in [-0.25, -0.2) is 0 Å². The molecule has 24 heavy (non-hydrogen) atoms. The Hall–Kier alpha value is -2.07. The van der Waals surface area contributed by atoms with Crippen LogP contribution in [0.4, 0.5) is 0 Å². The number of carbonyl (C=O) groups excluding carboxylic acids is 1. The third kappa shape index (κ3) is 3.70. The van der Waals surface area contributed by atoms with Crippen molar-refractivity contribution in [2.75, 3.05) is 7.11 Å². The van der Waals surface area contributed by atoms with E-state index < -0.39 is 0 Å². The van der Waals surface area contributed by atoms with Crippen molar-refractivity contribution in [3.05, 3.63) is 58.9 Å². The zero-order valence-corrected chi connectivity index (χ0v) is 14.7. The third-order valence-electron chi connectivity index (χ3n) is 4.36. The Morgan fingerprint density at radius 2 is 2.17 bits per heavy atom. The van der Waals surface area contributed by atoms with Gasteiger partial charge in [0.25, 0.3) is 0 Å². The number of pyridine rings is 1. The Morgan fingerprint density at radius 3 is 2.75 bits per heavy atom. The minimum atomic E-state index is -0.0387. The summed E-state index contributed by atoms with van der Waals surface area (Å²) in [5.74, 6) is 0.778. The lowest BCUT2D eigenvalue weighted by atomic mass is 10.1. The number of nitrogens with zero attached hydrogens (tertiary/aromatic N) is 2. The Labute approximate surface area is 147 Å². The van der Waals surface area contributed by atoms with E-state index in [9.17, 15) is 4.79 Å². The molecule has 0 spiro atoms. The van der Waals surface area contributed by atoms with Gasteiger partial charge in [-0.15, -0.1) is 0 Å². The van der Waals surface area contributed by atoms with Crippen LogP contribution in [0.5, 0.6) is 5.75 Å². The molecule has 4 nitrogen and oxygen atoms in total. The minimum Gasteiger partial charge on any atom is -0.497 e. The van der Waals surface area contributed by atoms with Gasteiger partial charge in [-0.1, -0.05) is 23.7 Å². The van der Waals surface area contributed by atoms with Crippen molar-refractivity contribution >= 4 is 17.5 Å². The first-order valence-electron chi connectivity index (χ1n) is 8.14. The van der Waals surface area contributed by atoms with Crippen LogP contribution in [0.2, 0.25) is 5.02 Å². The average molecular weight is 345 g/mol. The zero-order valence-electron chi connectivity index (χ0n) is 13.9. The molecule has 0 bridgehead atoms. The van der Waals surface area contributed by atoms with Crippen molar-refractivity contribution in [1.82, 2.24) is 9.88 Å². The van der Waals surface area contributed by atoms with Gasteiger partial charge in [-0.05, 0) is 49.6 Å². The molecule has 126 valence electrons. The molecule has 0 radical (unpaired) electrons. The van der Waals surface area contributed by atoms with E-state index in [1.165, 1.54) is 0 Å². The average Bonchev–Trinajstić information content (AvgIpc) is 3.42. The molecule has 1 heterocycles. The van der Waals surface area contributed by atoms with Crippen molar-refractivity contribution in [3.8, 4) is 5.75 Å². The second-order valence-corrected chi connectivity index (χ2v) is 6.50. The van der Waals surface area contributed by atoms with Gasteiger partial charge in [-0.2, -0.15) is 0 Å². The second-order valence-electron chi connectivity index (χ2n) is 6.10. The van der Waals surface area contributed by atoms with Crippen molar-refractivity contribution < 1.29 is 9.53 Å². The molecule has 1 aliphatic carbocycles. The van der Waals surface area contributed by atoms with Gasteiger partial charge in [-0.3, -0.25) is 9.78 Å². The first-order chi connectivity index (χ1) is 11.6. The Balaban J connectivity index is 1.78. The maximum Gasteiger partial charge on any atom is 0.227 e. The third-order valence-corrected chi connectivity index (χ3v) is 4.72. The van der Waals surface area contributed by atoms with Crippen LogP contribution in [0.3, 0.4) is 0 Å². The maximum atomic E-state index is 12.9. The number of hydrogen-bond acceptors (Lipinski definition) is 3. The fraction of sp³-hybridized carbons (Fsp3) is 0.368. The number of ether oxygens (including phenoxy) is 1.